The number of aryl methyl sites for hydroxylation is 1. The van der Waals surface area contributed by atoms with Crippen molar-refractivity contribution in [2.24, 2.45) is 0 Å². The van der Waals surface area contributed by atoms with Gasteiger partial charge in [-0.15, -0.1) is 0 Å². The number of hydrogen-bond acceptors (Lipinski definition) is 5. The van der Waals surface area contributed by atoms with Crippen LogP contribution in [-0.4, -0.2) is 46.0 Å². The number of aromatic nitrogens is 3. The zero-order valence-corrected chi connectivity index (χ0v) is 20.8. The van der Waals surface area contributed by atoms with E-state index < -0.39 is 0 Å². The summed E-state index contributed by atoms with van der Waals surface area (Å²) in [5.74, 6) is 0.0485. The molecule has 2 aliphatic heterocycles. The number of rotatable bonds is 5. The molecule has 1 atom stereocenters. The number of ether oxygens (including phenoxy) is 1. The number of nitrogens with zero attached hydrogens (tertiary/aromatic N) is 3. The van der Waals surface area contributed by atoms with Gasteiger partial charge in [-0.3, -0.25) is 9.78 Å². The first-order valence-electron chi connectivity index (χ1n) is 12.7. The minimum Gasteiger partial charge on any atom is -0.378 e. The van der Waals surface area contributed by atoms with Gasteiger partial charge in [0.15, 0.2) is 0 Å². The Labute approximate surface area is 210 Å². The van der Waals surface area contributed by atoms with E-state index in [2.05, 4.69) is 45.4 Å². The van der Waals surface area contributed by atoms with Crippen molar-refractivity contribution in [3.05, 3.63) is 82.4 Å². The van der Waals surface area contributed by atoms with Gasteiger partial charge < -0.3 is 19.9 Å². The van der Waals surface area contributed by atoms with Crippen molar-refractivity contribution in [3.63, 3.8) is 0 Å². The fraction of sp³-hybridized carbons (Fsp3) is 0.345. The van der Waals surface area contributed by atoms with Crippen LogP contribution in [0.5, 0.6) is 0 Å². The third-order valence-corrected chi connectivity index (χ3v) is 7.53. The number of carbonyl (C=O) groups is 1. The highest BCUT2D eigenvalue weighted by molar-refractivity contribution is 5.94. The molecule has 4 aromatic rings. The normalized spacial score (nSPS) is 17.5. The van der Waals surface area contributed by atoms with Gasteiger partial charge in [0.2, 0.25) is 0 Å². The standard InChI is InChI=1S/C29H31N5O2/c1-18-14-32-28-24(18)13-22(15-33-28)21-10-19-6-9-34(16-26(19)25(12-21)27-4-3-7-31-27)29(35)20-5-8-30-23(11-20)17-36-2/h5,8,10-15,27,31H,3-4,6-7,9,16-17H2,1-2H3,(H,32,33)/t27-/m0/s1. The van der Waals surface area contributed by atoms with E-state index in [1.807, 2.05) is 23.4 Å². The molecule has 0 radical (unpaired) electrons. The predicted octanol–water partition coefficient (Wildman–Crippen LogP) is 4.70. The van der Waals surface area contributed by atoms with Crippen LogP contribution < -0.4 is 5.32 Å². The lowest BCUT2D eigenvalue weighted by Gasteiger charge is -2.32. The molecule has 0 unspecified atom stereocenters. The maximum atomic E-state index is 13.4. The average Bonchev–Trinajstić information content (AvgIpc) is 3.58. The van der Waals surface area contributed by atoms with E-state index >= 15 is 0 Å². The molecule has 0 bridgehead atoms. The maximum Gasteiger partial charge on any atom is 0.254 e. The summed E-state index contributed by atoms with van der Waals surface area (Å²) in [6.45, 7) is 4.85. The monoisotopic (exact) mass is 481 g/mol. The number of hydrogen-bond donors (Lipinski definition) is 2. The lowest BCUT2D eigenvalue weighted by atomic mass is 9.87. The van der Waals surface area contributed by atoms with E-state index in [-0.39, 0.29) is 5.91 Å². The molecule has 2 aliphatic rings. The average molecular weight is 482 g/mol. The number of H-pyrrole nitrogens is 1. The molecule has 184 valence electrons. The molecule has 1 saturated heterocycles. The molecule has 5 heterocycles. The number of methoxy groups -OCH3 is 1. The largest absolute Gasteiger partial charge is 0.378 e. The van der Waals surface area contributed by atoms with Gasteiger partial charge >= 0.3 is 0 Å². The summed E-state index contributed by atoms with van der Waals surface area (Å²) in [5.41, 5.74) is 9.83. The SMILES string of the molecule is COCc1cc(C(=O)N2CCc3cc(-c4cnc5[nH]cc(C)c5c4)cc([C@@H]4CCCN4)c3C2)ccn1. The first kappa shape index (κ1) is 22.9. The van der Waals surface area contributed by atoms with Crippen molar-refractivity contribution in [3.8, 4) is 11.1 Å². The Bertz CT molecular complexity index is 1440. The van der Waals surface area contributed by atoms with E-state index in [0.717, 1.165) is 41.7 Å². The second-order valence-electron chi connectivity index (χ2n) is 9.89. The highest BCUT2D eigenvalue weighted by Gasteiger charge is 2.28. The summed E-state index contributed by atoms with van der Waals surface area (Å²) >= 11 is 0. The molecule has 3 aromatic heterocycles. The summed E-state index contributed by atoms with van der Waals surface area (Å²) in [7, 11) is 1.64. The topological polar surface area (TPSA) is 83.1 Å². The van der Waals surface area contributed by atoms with E-state index in [9.17, 15) is 4.79 Å². The number of fused-ring (bicyclic) bond motifs is 2. The summed E-state index contributed by atoms with van der Waals surface area (Å²) in [4.78, 5) is 27.6. The number of pyridine rings is 2. The van der Waals surface area contributed by atoms with Crippen LogP contribution in [0, 0.1) is 6.92 Å². The lowest BCUT2D eigenvalue weighted by Crippen LogP contribution is -2.37. The second-order valence-corrected chi connectivity index (χ2v) is 9.89. The summed E-state index contributed by atoms with van der Waals surface area (Å²) in [5, 5.41) is 4.85. The summed E-state index contributed by atoms with van der Waals surface area (Å²) < 4.78 is 5.20. The molecular weight excluding hydrogens is 450 g/mol. The van der Waals surface area contributed by atoms with E-state index in [4.69, 9.17) is 4.74 Å². The summed E-state index contributed by atoms with van der Waals surface area (Å²) in [6, 6.07) is 10.8. The Hall–Kier alpha value is -3.55. The fourth-order valence-corrected chi connectivity index (χ4v) is 5.61. The number of carbonyl (C=O) groups excluding carboxylic acids is 1. The van der Waals surface area contributed by atoms with Gasteiger partial charge in [-0.1, -0.05) is 6.07 Å². The van der Waals surface area contributed by atoms with Crippen LogP contribution in [0.25, 0.3) is 22.2 Å². The third-order valence-electron chi connectivity index (χ3n) is 7.53. The van der Waals surface area contributed by atoms with E-state index in [1.54, 1.807) is 19.4 Å². The van der Waals surface area contributed by atoms with Gasteiger partial charge in [-0.05, 0) is 84.8 Å². The Morgan fingerprint density at radius 2 is 2.11 bits per heavy atom. The van der Waals surface area contributed by atoms with Crippen molar-refractivity contribution in [1.29, 1.82) is 0 Å². The Morgan fingerprint density at radius 1 is 1.19 bits per heavy atom. The van der Waals surface area contributed by atoms with E-state index in [1.165, 1.54) is 34.2 Å². The molecule has 36 heavy (non-hydrogen) atoms. The molecule has 0 aliphatic carbocycles. The molecule has 2 N–H and O–H groups in total. The maximum absolute atomic E-state index is 13.4. The van der Waals surface area contributed by atoms with Gasteiger partial charge in [-0.2, -0.15) is 0 Å². The molecule has 1 amide bonds. The first-order valence-corrected chi connectivity index (χ1v) is 12.7. The van der Waals surface area contributed by atoms with Crippen LogP contribution in [0.4, 0.5) is 0 Å². The zero-order chi connectivity index (χ0) is 24.6. The molecule has 1 aromatic carbocycles. The first-order chi connectivity index (χ1) is 17.6. The van der Waals surface area contributed by atoms with Crippen molar-refractivity contribution >= 4 is 16.9 Å². The van der Waals surface area contributed by atoms with Crippen molar-refractivity contribution in [2.75, 3.05) is 20.2 Å². The lowest BCUT2D eigenvalue weighted by molar-refractivity contribution is 0.0733. The number of aromatic amines is 1. The smallest absolute Gasteiger partial charge is 0.254 e. The van der Waals surface area contributed by atoms with Crippen molar-refractivity contribution in [1.82, 2.24) is 25.2 Å². The third kappa shape index (κ3) is 4.18. The molecule has 0 spiro atoms. The van der Waals surface area contributed by atoms with Gasteiger partial charge in [0.05, 0.1) is 12.3 Å². The zero-order valence-electron chi connectivity index (χ0n) is 20.8. The number of amides is 1. The Kier molecular flexibility index (Phi) is 6.03. The molecular formula is C29H31N5O2. The highest BCUT2D eigenvalue weighted by atomic mass is 16.5. The van der Waals surface area contributed by atoms with Crippen LogP contribution in [0.2, 0.25) is 0 Å². The van der Waals surface area contributed by atoms with Crippen LogP contribution in [0.3, 0.4) is 0 Å². The van der Waals surface area contributed by atoms with Crippen molar-refractivity contribution in [2.45, 2.75) is 45.4 Å². The van der Waals surface area contributed by atoms with E-state index in [0.29, 0.717) is 31.3 Å². The quantitative estimate of drug-likeness (QED) is 0.432. The molecule has 7 nitrogen and oxygen atoms in total. The van der Waals surface area contributed by atoms with Crippen molar-refractivity contribution < 1.29 is 9.53 Å². The summed E-state index contributed by atoms with van der Waals surface area (Å²) in [6.07, 6.45) is 8.78. The van der Waals surface area contributed by atoms with Gasteiger partial charge in [0, 0.05) is 61.3 Å². The highest BCUT2D eigenvalue weighted by Crippen LogP contribution is 2.36. The molecule has 6 rings (SSSR count). The second kappa shape index (κ2) is 9.48. The van der Waals surface area contributed by atoms with Gasteiger partial charge in [0.1, 0.15) is 5.65 Å². The minimum absolute atomic E-state index is 0.0485. The Morgan fingerprint density at radius 3 is 2.94 bits per heavy atom. The van der Waals surface area contributed by atoms with Gasteiger partial charge in [0.25, 0.3) is 5.91 Å². The predicted molar refractivity (Wildman–Crippen MR) is 140 cm³/mol. The van der Waals surface area contributed by atoms with Crippen LogP contribution in [0.1, 0.15) is 57.2 Å². The fourth-order valence-electron chi connectivity index (χ4n) is 5.61. The van der Waals surface area contributed by atoms with Crippen LogP contribution >= 0.6 is 0 Å². The number of benzene rings is 1. The number of nitrogens with one attached hydrogen (secondary N) is 2. The molecule has 7 heteroatoms. The minimum atomic E-state index is 0.0485. The Balaban J connectivity index is 1.36. The van der Waals surface area contributed by atoms with Gasteiger partial charge in [-0.25, -0.2) is 4.98 Å². The molecule has 0 saturated carbocycles. The van der Waals surface area contributed by atoms with Crippen LogP contribution in [0.15, 0.2) is 48.9 Å². The van der Waals surface area contributed by atoms with Crippen LogP contribution in [-0.2, 0) is 24.3 Å². The molecule has 1 fully saturated rings.